The average Bonchev–Trinajstić information content (AvgIpc) is 2.51. The molecule has 0 saturated carbocycles. The topological polar surface area (TPSA) is 73.2 Å². The second-order valence-corrected chi connectivity index (χ2v) is 5.01. The number of hydrogen-bond donors (Lipinski definition) is 3. The maximum Gasteiger partial charge on any atom is 0.264 e. The van der Waals surface area contributed by atoms with E-state index in [1.807, 2.05) is 0 Å². The summed E-state index contributed by atoms with van der Waals surface area (Å²) in [4.78, 5) is 11.8. The van der Waals surface area contributed by atoms with Crippen LogP contribution in [0, 0.1) is 5.41 Å². The van der Waals surface area contributed by atoms with Crippen LogP contribution in [0.2, 0.25) is 0 Å². The third kappa shape index (κ3) is 2.28. The minimum Gasteiger partial charge on any atom is -0.508 e. The van der Waals surface area contributed by atoms with Crippen LogP contribution in [0.25, 0.3) is 6.08 Å². The Labute approximate surface area is 104 Å². The van der Waals surface area contributed by atoms with Gasteiger partial charge in [-0.25, -0.2) is 0 Å². The Hall–Kier alpha value is -1.27. The summed E-state index contributed by atoms with van der Waals surface area (Å²) >= 11 is 4.39. The van der Waals surface area contributed by atoms with Crippen LogP contribution in [0.1, 0.15) is 5.56 Å². The predicted octanol–water partition coefficient (Wildman–Crippen LogP) is 2.29. The van der Waals surface area contributed by atoms with Crippen LogP contribution in [-0.4, -0.2) is 16.2 Å². The molecule has 1 amide bonds. The number of halogens is 1. The molecule has 2 rings (SSSR count). The Morgan fingerprint density at radius 3 is 2.88 bits per heavy atom. The van der Waals surface area contributed by atoms with E-state index in [-0.39, 0.29) is 16.8 Å². The van der Waals surface area contributed by atoms with Gasteiger partial charge in [-0.1, -0.05) is 15.9 Å². The van der Waals surface area contributed by atoms with Gasteiger partial charge in [0.2, 0.25) is 0 Å². The predicted molar refractivity (Wildman–Crippen MR) is 67.2 cm³/mol. The van der Waals surface area contributed by atoms with Crippen LogP contribution in [0.5, 0.6) is 5.75 Å². The molecule has 6 heteroatoms. The number of carbonyl (C=O) groups excluding carboxylic acids is 1. The Morgan fingerprint density at radius 1 is 1.50 bits per heavy atom. The lowest BCUT2D eigenvalue weighted by Gasteiger charge is -2.00. The molecule has 0 aromatic heterocycles. The van der Waals surface area contributed by atoms with Crippen molar-refractivity contribution in [1.29, 1.82) is 5.41 Å². The van der Waals surface area contributed by atoms with E-state index < -0.39 is 0 Å². The van der Waals surface area contributed by atoms with Crippen LogP contribution < -0.4 is 5.32 Å². The number of amides is 1. The summed E-state index contributed by atoms with van der Waals surface area (Å²) in [6, 6.07) is 4.80. The van der Waals surface area contributed by atoms with Crippen molar-refractivity contribution in [2.75, 3.05) is 0 Å². The summed E-state index contributed by atoms with van der Waals surface area (Å²) in [6.45, 7) is 0. The zero-order valence-electron chi connectivity index (χ0n) is 7.95. The lowest BCUT2D eigenvalue weighted by atomic mass is 10.2. The molecule has 1 heterocycles. The summed E-state index contributed by atoms with van der Waals surface area (Å²) in [7, 11) is 0. The lowest BCUT2D eigenvalue weighted by molar-refractivity contribution is -0.115. The van der Waals surface area contributed by atoms with E-state index >= 15 is 0 Å². The summed E-state index contributed by atoms with van der Waals surface area (Å²) in [5.74, 6) is -0.154. The number of phenolic OH excluding ortho intramolecular Hbond substituents is 1. The summed E-state index contributed by atoms with van der Waals surface area (Å²) in [6.07, 6.45) is 1.63. The number of hydrogen-bond acceptors (Lipinski definition) is 4. The molecule has 82 valence electrons. The molecule has 0 aliphatic carbocycles. The smallest absolute Gasteiger partial charge is 0.264 e. The molecule has 0 atom stereocenters. The molecule has 1 aromatic rings. The Kier molecular flexibility index (Phi) is 3.02. The summed E-state index contributed by atoms with van der Waals surface area (Å²) in [5.41, 5.74) is 0.701. The molecular formula is C10H7BrN2O2S. The third-order valence-electron chi connectivity index (χ3n) is 1.93. The minimum atomic E-state index is -0.287. The van der Waals surface area contributed by atoms with Gasteiger partial charge in [-0.05, 0) is 41.6 Å². The molecule has 1 aromatic carbocycles. The molecule has 4 nitrogen and oxygen atoms in total. The van der Waals surface area contributed by atoms with Gasteiger partial charge in [-0.2, -0.15) is 0 Å². The van der Waals surface area contributed by atoms with Crippen LogP contribution in [0.4, 0.5) is 0 Å². The van der Waals surface area contributed by atoms with Gasteiger partial charge in [0.25, 0.3) is 5.91 Å². The first-order valence-corrected chi connectivity index (χ1v) is 5.95. The van der Waals surface area contributed by atoms with Gasteiger partial charge in [0, 0.05) is 4.47 Å². The fraction of sp³-hybridized carbons (Fsp3) is 0. The van der Waals surface area contributed by atoms with Gasteiger partial charge in [0.05, 0.1) is 4.91 Å². The highest BCUT2D eigenvalue weighted by Gasteiger charge is 2.22. The van der Waals surface area contributed by atoms with Gasteiger partial charge >= 0.3 is 0 Å². The largest absolute Gasteiger partial charge is 0.508 e. The Bertz CT molecular complexity index is 514. The SMILES string of the molecule is N=C1NC(=O)C(=Cc2cc(O)ccc2Br)S1. The van der Waals surface area contributed by atoms with Crippen LogP contribution in [0.3, 0.4) is 0 Å². The van der Waals surface area contributed by atoms with Crippen molar-refractivity contribution in [3.8, 4) is 5.75 Å². The molecular weight excluding hydrogens is 292 g/mol. The molecule has 3 N–H and O–H groups in total. The zero-order valence-corrected chi connectivity index (χ0v) is 10.4. The molecule has 1 fully saturated rings. The highest BCUT2D eigenvalue weighted by atomic mass is 79.9. The van der Waals surface area contributed by atoms with Crippen molar-refractivity contribution >= 4 is 44.8 Å². The first-order chi connectivity index (χ1) is 7.56. The van der Waals surface area contributed by atoms with Crippen molar-refractivity contribution in [2.45, 2.75) is 0 Å². The van der Waals surface area contributed by atoms with Gasteiger partial charge in [0.15, 0.2) is 5.17 Å². The van der Waals surface area contributed by atoms with Crippen LogP contribution >= 0.6 is 27.7 Å². The van der Waals surface area contributed by atoms with Crippen LogP contribution in [-0.2, 0) is 4.79 Å². The first-order valence-electron chi connectivity index (χ1n) is 4.34. The van der Waals surface area contributed by atoms with Crippen molar-refractivity contribution < 1.29 is 9.90 Å². The number of aromatic hydroxyl groups is 1. The van der Waals surface area contributed by atoms with E-state index in [1.165, 1.54) is 0 Å². The number of thioether (sulfide) groups is 1. The molecule has 0 radical (unpaired) electrons. The van der Waals surface area contributed by atoms with Crippen molar-refractivity contribution in [2.24, 2.45) is 0 Å². The number of phenols is 1. The minimum absolute atomic E-state index is 0.118. The molecule has 0 unspecified atom stereocenters. The van der Waals surface area contributed by atoms with Crippen LogP contribution in [0.15, 0.2) is 27.6 Å². The van der Waals surface area contributed by atoms with E-state index in [1.54, 1.807) is 24.3 Å². The second kappa shape index (κ2) is 4.31. The monoisotopic (exact) mass is 298 g/mol. The Balaban J connectivity index is 2.39. The molecule has 1 aliphatic heterocycles. The fourth-order valence-electron chi connectivity index (χ4n) is 1.22. The average molecular weight is 299 g/mol. The molecule has 0 spiro atoms. The van der Waals surface area contributed by atoms with E-state index in [0.717, 1.165) is 16.2 Å². The molecule has 1 saturated heterocycles. The van der Waals surface area contributed by atoms with Gasteiger partial charge < -0.3 is 10.4 Å². The first kappa shape index (κ1) is 11.2. The van der Waals surface area contributed by atoms with Crippen molar-refractivity contribution in [1.82, 2.24) is 5.32 Å². The standard InChI is InChI=1S/C10H7BrN2O2S/c11-7-2-1-6(14)3-5(7)4-8-9(15)13-10(12)16-8/h1-4,14H,(H2,12,13,15). The number of amidine groups is 1. The highest BCUT2D eigenvalue weighted by molar-refractivity contribution is 9.10. The molecule has 1 aliphatic rings. The lowest BCUT2D eigenvalue weighted by Crippen LogP contribution is -2.18. The van der Waals surface area contributed by atoms with Gasteiger partial charge in [-0.3, -0.25) is 10.2 Å². The maximum absolute atomic E-state index is 11.4. The number of rotatable bonds is 1. The Morgan fingerprint density at radius 2 is 2.25 bits per heavy atom. The van der Waals surface area contributed by atoms with Crippen molar-refractivity contribution in [3.05, 3.63) is 33.1 Å². The molecule has 0 bridgehead atoms. The zero-order chi connectivity index (χ0) is 11.7. The quantitative estimate of drug-likeness (QED) is 0.697. The number of benzene rings is 1. The van der Waals surface area contributed by atoms with E-state index in [9.17, 15) is 9.90 Å². The van der Waals surface area contributed by atoms with Crippen molar-refractivity contribution in [3.63, 3.8) is 0 Å². The normalized spacial score (nSPS) is 17.9. The third-order valence-corrected chi connectivity index (χ3v) is 3.48. The van der Waals surface area contributed by atoms with E-state index in [0.29, 0.717) is 10.5 Å². The summed E-state index contributed by atoms with van der Waals surface area (Å²) in [5, 5.41) is 19.1. The van der Waals surface area contributed by atoms with Gasteiger partial charge in [-0.15, -0.1) is 0 Å². The summed E-state index contributed by atoms with van der Waals surface area (Å²) < 4.78 is 0.782. The van der Waals surface area contributed by atoms with Gasteiger partial charge in [0.1, 0.15) is 5.75 Å². The second-order valence-electron chi connectivity index (χ2n) is 3.10. The number of nitrogens with one attached hydrogen (secondary N) is 2. The molecule has 16 heavy (non-hydrogen) atoms. The fourth-order valence-corrected chi connectivity index (χ4v) is 2.28. The van der Waals surface area contributed by atoms with E-state index in [2.05, 4.69) is 21.2 Å². The van der Waals surface area contributed by atoms with E-state index in [4.69, 9.17) is 5.41 Å². The maximum atomic E-state index is 11.4. The highest BCUT2D eigenvalue weighted by Crippen LogP contribution is 2.29. The number of carbonyl (C=O) groups is 1.